The molecule has 11 nitrogen and oxygen atoms in total. The number of aldehydes is 1. The largest absolute Gasteiger partial charge is 0.356 e. The summed E-state index contributed by atoms with van der Waals surface area (Å²) >= 11 is 0. The van der Waals surface area contributed by atoms with Crippen molar-refractivity contribution < 1.29 is 24.0 Å². The van der Waals surface area contributed by atoms with Crippen molar-refractivity contribution in [3.05, 3.63) is 0 Å². The average molecular weight is 555 g/mol. The summed E-state index contributed by atoms with van der Waals surface area (Å²) in [6.07, 6.45) is 10.2. The average Bonchev–Trinajstić information content (AvgIpc) is 2.88. The summed E-state index contributed by atoms with van der Waals surface area (Å²) in [6.45, 7) is 7.41. The Bertz CT molecular complexity index is 722. The molecule has 39 heavy (non-hydrogen) atoms. The lowest BCUT2D eigenvalue weighted by Crippen LogP contribution is -2.48. The van der Waals surface area contributed by atoms with E-state index in [9.17, 15) is 24.0 Å². The molecular formula is C28H54N6O5. The van der Waals surface area contributed by atoms with Gasteiger partial charge in [-0.3, -0.25) is 19.2 Å². The number of Topliss-reactive ketones (excluding diaryl/α,β-unsaturated/α-hetero) is 1. The van der Waals surface area contributed by atoms with Crippen LogP contribution in [0.5, 0.6) is 0 Å². The van der Waals surface area contributed by atoms with Crippen LogP contribution in [0.1, 0.15) is 91.4 Å². The normalized spacial score (nSPS) is 11.7. The molecule has 0 aromatic rings. The van der Waals surface area contributed by atoms with E-state index >= 15 is 0 Å². The first-order valence-corrected chi connectivity index (χ1v) is 14.1. The van der Waals surface area contributed by atoms with E-state index in [2.05, 4.69) is 26.3 Å². The van der Waals surface area contributed by atoms with E-state index in [4.69, 9.17) is 5.73 Å². The third kappa shape index (κ3) is 25.4. The summed E-state index contributed by atoms with van der Waals surface area (Å²) in [4.78, 5) is 62.0. The van der Waals surface area contributed by atoms with E-state index < -0.39 is 11.5 Å². The van der Waals surface area contributed by atoms with Crippen molar-refractivity contribution in [1.29, 1.82) is 0 Å². The standard InChI is InChI=1S/C25H47N5O4.C3H7NO/c1-25(2,3)21(31)19-29-24(34)20(13-12-17-27-5)30-23(33)15-9-7-11-18-28-22(32)14-8-6-10-16-26-4;4-2-1-3-5/h17,20,26H,6-16,18-19H2,1-5H3,(H,28,32)(H,29,34)(H,30,33);3H,1-2,4H2. The summed E-state index contributed by atoms with van der Waals surface area (Å²) in [6, 6.07) is -0.703. The van der Waals surface area contributed by atoms with E-state index in [-0.39, 0.29) is 30.0 Å². The van der Waals surface area contributed by atoms with E-state index in [1.165, 1.54) is 0 Å². The van der Waals surface area contributed by atoms with Gasteiger partial charge in [0.05, 0.1) is 6.54 Å². The molecule has 3 amide bonds. The zero-order valence-electron chi connectivity index (χ0n) is 24.9. The number of hydrogen-bond acceptors (Lipinski definition) is 8. The first kappa shape index (κ1) is 38.5. The number of carbonyl (C=O) groups excluding carboxylic acids is 5. The number of carbonyl (C=O) groups is 5. The van der Waals surface area contributed by atoms with Crippen molar-refractivity contribution in [3.8, 4) is 0 Å². The van der Waals surface area contributed by atoms with Crippen LogP contribution in [0.2, 0.25) is 0 Å². The number of ketones is 1. The first-order chi connectivity index (χ1) is 18.5. The highest BCUT2D eigenvalue weighted by Crippen LogP contribution is 2.13. The fourth-order valence-corrected chi connectivity index (χ4v) is 3.20. The number of rotatable bonds is 21. The lowest BCUT2D eigenvalue weighted by Gasteiger charge is -2.20. The second-order valence-electron chi connectivity index (χ2n) is 10.3. The molecule has 0 aromatic carbocycles. The van der Waals surface area contributed by atoms with Gasteiger partial charge in [-0.15, -0.1) is 0 Å². The second-order valence-corrected chi connectivity index (χ2v) is 10.3. The monoisotopic (exact) mass is 554 g/mol. The minimum absolute atomic E-state index is 0.0573. The van der Waals surface area contributed by atoms with Gasteiger partial charge in [-0.05, 0) is 64.9 Å². The second kappa shape index (κ2) is 25.6. The van der Waals surface area contributed by atoms with Crippen molar-refractivity contribution in [3.63, 3.8) is 0 Å². The Balaban J connectivity index is 0. The predicted molar refractivity (Wildman–Crippen MR) is 157 cm³/mol. The lowest BCUT2D eigenvalue weighted by atomic mass is 9.91. The number of unbranched alkanes of at least 4 members (excludes halogenated alkanes) is 4. The van der Waals surface area contributed by atoms with Crippen molar-refractivity contribution >= 4 is 36.0 Å². The fraction of sp³-hybridized carbons (Fsp3) is 0.786. The molecular weight excluding hydrogens is 500 g/mol. The zero-order valence-corrected chi connectivity index (χ0v) is 24.9. The number of aliphatic imine (C=N–C) groups is 1. The SMILES string of the molecule is CN=CCCC(NC(=O)CCCCCNC(=O)CCCCCNC)C(=O)NCC(=O)C(C)(C)C.NCCC=O. The summed E-state index contributed by atoms with van der Waals surface area (Å²) < 4.78 is 0. The molecule has 0 rings (SSSR count). The molecule has 6 N–H and O–H groups in total. The van der Waals surface area contributed by atoms with Gasteiger partial charge in [-0.2, -0.15) is 0 Å². The van der Waals surface area contributed by atoms with Gasteiger partial charge in [0, 0.05) is 38.3 Å². The minimum Gasteiger partial charge on any atom is -0.356 e. The fourth-order valence-electron chi connectivity index (χ4n) is 3.20. The molecule has 0 radical (unpaired) electrons. The Labute approximate surface area is 235 Å². The molecule has 0 aromatic heterocycles. The van der Waals surface area contributed by atoms with Gasteiger partial charge in [0.2, 0.25) is 17.7 Å². The molecule has 11 heteroatoms. The van der Waals surface area contributed by atoms with Crippen molar-refractivity contribution in [1.82, 2.24) is 21.3 Å². The third-order valence-electron chi connectivity index (χ3n) is 5.70. The van der Waals surface area contributed by atoms with Gasteiger partial charge in [0.25, 0.3) is 0 Å². The summed E-state index contributed by atoms with van der Waals surface area (Å²) in [5, 5.41) is 11.5. The molecule has 0 bridgehead atoms. The maximum absolute atomic E-state index is 12.5. The van der Waals surface area contributed by atoms with E-state index in [1.54, 1.807) is 34.0 Å². The molecule has 0 aliphatic heterocycles. The molecule has 226 valence electrons. The van der Waals surface area contributed by atoms with Crippen LogP contribution in [0, 0.1) is 5.41 Å². The number of nitrogens with one attached hydrogen (secondary N) is 4. The number of amides is 3. The quantitative estimate of drug-likeness (QED) is 0.0815. The Morgan fingerprint density at radius 1 is 0.872 bits per heavy atom. The van der Waals surface area contributed by atoms with Gasteiger partial charge in [-0.25, -0.2) is 0 Å². The van der Waals surface area contributed by atoms with Crippen LogP contribution in [-0.4, -0.2) is 82.3 Å². The van der Waals surface area contributed by atoms with Crippen molar-refractivity contribution in [2.75, 3.05) is 40.3 Å². The number of hydrogen-bond donors (Lipinski definition) is 5. The Morgan fingerprint density at radius 3 is 2.00 bits per heavy atom. The first-order valence-electron chi connectivity index (χ1n) is 14.1. The zero-order chi connectivity index (χ0) is 29.9. The van der Waals surface area contributed by atoms with E-state index in [0.29, 0.717) is 51.6 Å². The van der Waals surface area contributed by atoms with Crippen molar-refractivity contribution in [2.24, 2.45) is 16.1 Å². The molecule has 0 saturated carbocycles. The highest BCUT2D eigenvalue weighted by atomic mass is 16.2. The maximum atomic E-state index is 12.5. The predicted octanol–water partition coefficient (Wildman–Crippen LogP) is 1.67. The van der Waals surface area contributed by atoms with Crippen molar-refractivity contribution in [2.45, 2.75) is 97.4 Å². The Kier molecular flexibility index (Phi) is 25.3. The van der Waals surface area contributed by atoms with Gasteiger partial charge < -0.3 is 36.8 Å². The molecule has 0 spiro atoms. The van der Waals surface area contributed by atoms with Crippen LogP contribution in [0.4, 0.5) is 0 Å². The van der Waals surface area contributed by atoms with E-state index in [0.717, 1.165) is 44.9 Å². The van der Waals surface area contributed by atoms with Gasteiger partial charge in [-0.1, -0.05) is 33.6 Å². The molecule has 1 unspecified atom stereocenters. The molecule has 1 atom stereocenters. The molecule has 0 aliphatic rings. The van der Waals surface area contributed by atoms with Crippen LogP contribution >= 0.6 is 0 Å². The smallest absolute Gasteiger partial charge is 0.242 e. The van der Waals surface area contributed by atoms with E-state index in [1.807, 2.05) is 7.05 Å². The number of nitrogens with zero attached hydrogens (tertiary/aromatic N) is 1. The van der Waals surface area contributed by atoms with Gasteiger partial charge in [0.1, 0.15) is 12.3 Å². The molecule has 0 saturated heterocycles. The van der Waals surface area contributed by atoms with Gasteiger partial charge >= 0.3 is 0 Å². The Hall–Kier alpha value is -2.66. The molecule has 0 fully saturated rings. The summed E-state index contributed by atoms with van der Waals surface area (Å²) in [5.41, 5.74) is 4.37. The highest BCUT2D eigenvalue weighted by Gasteiger charge is 2.24. The highest BCUT2D eigenvalue weighted by molar-refractivity contribution is 5.92. The minimum atomic E-state index is -0.703. The van der Waals surface area contributed by atoms with Crippen LogP contribution in [-0.2, 0) is 24.0 Å². The number of nitrogens with two attached hydrogens (primary N) is 1. The Morgan fingerprint density at radius 2 is 1.49 bits per heavy atom. The lowest BCUT2D eigenvalue weighted by molar-refractivity contribution is -0.131. The summed E-state index contributed by atoms with van der Waals surface area (Å²) in [5.74, 6) is -0.538. The third-order valence-corrected chi connectivity index (χ3v) is 5.70. The van der Waals surface area contributed by atoms with Gasteiger partial charge in [0.15, 0.2) is 5.78 Å². The van der Waals surface area contributed by atoms with Crippen LogP contribution in [0.3, 0.4) is 0 Å². The summed E-state index contributed by atoms with van der Waals surface area (Å²) in [7, 11) is 3.58. The van der Waals surface area contributed by atoms with Crippen LogP contribution in [0.15, 0.2) is 4.99 Å². The molecule has 0 heterocycles. The topological polar surface area (TPSA) is 172 Å². The molecule has 0 aliphatic carbocycles. The maximum Gasteiger partial charge on any atom is 0.242 e. The van der Waals surface area contributed by atoms with Crippen LogP contribution in [0.25, 0.3) is 0 Å². The van der Waals surface area contributed by atoms with Crippen LogP contribution < -0.4 is 27.0 Å².